The van der Waals surface area contributed by atoms with E-state index in [1.54, 1.807) is 23.9 Å². The van der Waals surface area contributed by atoms with Crippen LogP contribution in [0.15, 0.2) is 62.3 Å². The molecule has 1 saturated heterocycles. The van der Waals surface area contributed by atoms with Gasteiger partial charge in [-0.3, -0.25) is 9.69 Å². The van der Waals surface area contributed by atoms with E-state index in [1.165, 1.54) is 32.0 Å². The fourth-order valence-corrected chi connectivity index (χ4v) is 7.48. The first-order chi connectivity index (χ1) is 18.4. The van der Waals surface area contributed by atoms with Gasteiger partial charge in [-0.25, -0.2) is 14.6 Å². The number of hydrogen-bond donors (Lipinski definition) is 0. The summed E-state index contributed by atoms with van der Waals surface area (Å²) in [5.74, 6) is -1.22. The van der Waals surface area contributed by atoms with E-state index in [-0.39, 0.29) is 23.1 Å². The van der Waals surface area contributed by atoms with E-state index in [2.05, 4.69) is 24.0 Å². The van der Waals surface area contributed by atoms with Gasteiger partial charge in [0.25, 0.3) is 5.91 Å². The van der Waals surface area contributed by atoms with E-state index in [0.717, 1.165) is 54.3 Å². The molecule has 38 heavy (non-hydrogen) atoms. The molecule has 8 nitrogen and oxygen atoms in total. The number of anilines is 1. The van der Waals surface area contributed by atoms with Gasteiger partial charge >= 0.3 is 11.9 Å². The Morgan fingerprint density at radius 2 is 1.63 bits per heavy atom. The van der Waals surface area contributed by atoms with Crippen LogP contribution in [0.25, 0.3) is 0 Å². The van der Waals surface area contributed by atoms with E-state index in [1.807, 2.05) is 17.0 Å². The molecule has 5 rings (SSSR count). The second-order valence-corrected chi connectivity index (χ2v) is 11.2. The van der Waals surface area contributed by atoms with Crippen LogP contribution in [-0.4, -0.2) is 54.7 Å². The lowest BCUT2D eigenvalue weighted by molar-refractivity contribution is -0.124. The van der Waals surface area contributed by atoms with Crippen LogP contribution in [0.5, 0.6) is 0 Å². The number of methoxy groups -OCH3 is 2. The molecule has 2 aromatic carbocycles. The number of carbonyl (C=O) groups excluding carboxylic acids is 3. The molecule has 1 aliphatic carbocycles. The summed E-state index contributed by atoms with van der Waals surface area (Å²) in [4.78, 5) is 49.3. The van der Waals surface area contributed by atoms with Crippen molar-refractivity contribution >= 4 is 57.9 Å². The Kier molecular flexibility index (Phi) is 7.80. The number of amidine groups is 1. The zero-order valence-electron chi connectivity index (χ0n) is 21.6. The highest BCUT2D eigenvalue weighted by molar-refractivity contribution is 8.19. The molecule has 0 N–H and O–H groups in total. The van der Waals surface area contributed by atoms with Gasteiger partial charge in [0.05, 0.1) is 36.7 Å². The van der Waals surface area contributed by atoms with Crippen molar-refractivity contribution in [3.8, 4) is 0 Å². The molecule has 1 amide bonds. The number of benzene rings is 2. The molecule has 3 aliphatic rings. The highest BCUT2D eigenvalue weighted by Gasteiger charge is 2.43. The zero-order chi connectivity index (χ0) is 26.8. The van der Waals surface area contributed by atoms with E-state index in [4.69, 9.17) is 14.5 Å². The monoisotopic (exact) mass is 551 g/mol. The van der Waals surface area contributed by atoms with E-state index < -0.39 is 11.9 Å². The number of amides is 1. The average Bonchev–Trinajstić information content (AvgIpc) is 3.48. The van der Waals surface area contributed by atoms with Gasteiger partial charge in [-0.2, -0.15) is 0 Å². The maximum atomic E-state index is 14.0. The summed E-state index contributed by atoms with van der Waals surface area (Å²) in [7, 11) is 2.56. The molecule has 0 bridgehead atoms. The quantitative estimate of drug-likeness (QED) is 0.332. The minimum absolute atomic E-state index is 0.0493. The highest BCUT2D eigenvalue weighted by Crippen LogP contribution is 2.51. The Morgan fingerprint density at radius 3 is 2.26 bits per heavy atom. The summed E-state index contributed by atoms with van der Waals surface area (Å²) < 4.78 is 9.75. The minimum atomic E-state index is -0.585. The lowest BCUT2D eigenvalue weighted by Crippen LogP contribution is -2.40. The lowest BCUT2D eigenvalue weighted by atomic mass is 9.94. The van der Waals surface area contributed by atoms with Crippen molar-refractivity contribution in [1.82, 2.24) is 4.90 Å². The third kappa shape index (κ3) is 4.94. The molecule has 2 heterocycles. The number of ether oxygens (including phenoxy) is 2. The maximum Gasteiger partial charge on any atom is 0.337 e. The van der Waals surface area contributed by atoms with Gasteiger partial charge in [0.15, 0.2) is 5.17 Å². The van der Waals surface area contributed by atoms with Crippen molar-refractivity contribution < 1.29 is 23.9 Å². The van der Waals surface area contributed by atoms with Crippen LogP contribution in [-0.2, 0) is 14.3 Å². The summed E-state index contributed by atoms with van der Waals surface area (Å²) in [5, 5.41) is 1.46. The van der Waals surface area contributed by atoms with Gasteiger partial charge in [-0.1, -0.05) is 43.2 Å². The molecule has 198 valence electrons. The summed E-state index contributed by atoms with van der Waals surface area (Å²) in [6.45, 7) is 2.81. The number of nitrogens with zero attached hydrogens (tertiary/aromatic N) is 3. The van der Waals surface area contributed by atoms with E-state index in [9.17, 15) is 14.4 Å². The fraction of sp³-hybridized carbons (Fsp3) is 0.357. The zero-order valence-corrected chi connectivity index (χ0v) is 23.2. The second kappa shape index (κ2) is 11.2. The largest absolute Gasteiger partial charge is 0.465 e. The molecule has 10 heteroatoms. The summed E-state index contributed by atoms with van der Waals surface area (Å²) >= 11 is 2.96. The molecule has 0 atom stereocenters. The van der Waals surface area contributed by atoms with Crippen molar-refractivity contribution in [2.24, 2.45) is 4.99 Å². The smallest absolute Gasteiger partial charge is 0.337 e. The Hall–Kier alpha value is -3.24. The number of esters is 2. The molecular formula is C28H29N3O5S2. The number of carbonyl (C=O) groups is 3. The first-order valence-electron chi connectivity index (χ1n) is 12.7. The summed E-state index contributed by atoms with van der Waals surface area (Å²) in [6.07, 6.45) is 5.10. The van der Waals surface area contributed by atoms with Crippen molar-refractivity contribution in [3.05, 3.63) is 63.5 Å². The van der Waals surface area contributed by atoms with Crippen LogP contribution in [0, 0.1) is 0 Å². The Labute approximate surface area is 230 Å². The summed E-state index contributed by atoms with van der Waals surface area (Å²) in [6, 6.07) is 12.8. The number of fused-ring (bicyclic) bond motifs is 1. The standard InChI is InChI=1S/C28H29N3O5S2/c1-4-30-21-12-8-9-13-22(21)37-25(30)23-24(32)31(20-10-6-5-7-11-20)28(38-23)29-19-15-17(26(33)35-2)14-18(16-19)27(34)36-3/h8-9,12-16,20H,4-7,10-11H2,1-3H3. The predicted molar refractivity (Wildman–Crippen MR) is 150 cm³/mol. The number of aliphatic imine (C=N–C) groups is 1. The Bertz CT molecular complexity index is 1320. The third-order valence-electron chi connectivity index (χ3n) is 6.86. The molecule has 1 saturated carbocycles. The van der Waals surface area contributed by atoms with Crippen LogP contribution < -0.4 is 4.90 Å². The summed E-state index contributed by atoms with van der Waals surface area (Å²) in [5.41, 5.74) is 1.85. The van der Waals surface area contributed by atoms with Gasteiger partial charge in [0, 0.05) is 17.5 Å². The number of rotatable bonds is 5. The molecule has 0 aromatic heterocycles. The molecule has 0 spiro atoms. The van der Waals surface area contributed by atoms with Crippen molar-refractivity contribution in [3.63, 3.8) is 0 Å². The maximum absolute atomic E-state index is 14.0. The SMILES string of the molecule is CCN1C(=C2SC(=Nc3cc(C(=O)OC)cc(C(=O)OC)c3)N(C3CCCCC3)C2=O)Sc2ccccc21. The van der Waals surface area contributed by atoms with Gasteiger partial charge in [0.1, 0.15) is 9.93 Å². The molecule has 2 aromatic rings. The van der Waals surface area contributed by atoms with Crippen molar-refractivity contribution in [1.29, 1.82) is 0 Å². The lowest BCUT2D eigenvalue weighted by Gasteiger charge is -2.30. The first-order valence-corrected chi connectivity index (χ1v) is 14.3. The number of para-hydroxylation sites is 1. The second-order valence-electron chi connectivity index (χ2n) is 9.16. The molecule has 0 radical (unpaired) electrons. The Balaban J connectivity index is 1.61. The van der Waals surface area contributed by atoms with E-state index >= 15 is 0 Å². The topological polar surface area (TPSA) is 88.5 Å². The highest BCUT2D eigenvalue weighted by atomic mass is 32.2. The van der Waals surface area contributed by atoms with Crippen molar-refractivity contribution in [2.75, 3.05) is 25.7 Å². The predicted octanol–water partition coefficient (Wildman–Crippen LogP) is 5.96. The van der Waals surface area contributed by atoms with Crippen LogP contribution in [0.2, 0.25) is 0 Å². The fourth-order valence-electron chi connectivity index (χ4n) is 5.03. The Morgan fingerprint density at radius 1 is 0.974 bits per heavy atom. The third-order valence-corrected chi connectivity index (χ3v) is 9.21. The van der Waals surface area contributed by atoms with Crippen molar-refractivity contribution in [2.45, 2.75) is 50.0 Å². The molecule has 2 aliphatic heterocycles. The normalized spacial score (nSPS) is 20.7. The van der Waals surface area contributed by atoms with Crippen LogP contribution in [0.3, 0.4) is 0 Å². The van der Waals surface area contributed by atoms with Crippen LogP contribution in [0.4, 0.5) is 11.4 Å². The average molecular weight is 552 g/mol. The molecule has 0 unspecified atom stereocenters. The van der Waals surface area contributed by atoms with Gasteiger partial charge in [-0.05, 0) is 61.9 Å². The van der Waals surface area contributed by atoms with Crippen LogP contribution in [0.1, 0.15) is 59.7 Å². The molecule has 2 fully saturated rings. The minimum Gasteiger partial charge on any atom is -0.465 e. The van der Waals surface area contributed by atoms with Gasteiger partial charge in [0.2, 0.25) is 0 Å². The number of hydrogen-bond acceptors (Lipinski definition) is 9. The first kappa shape index (κ1) is 26.4. The molecular weight excluding hydrogens is 522 g/mol. The van der Waals surface area contributed by atoms with Crippen LogP contribution >= 0.6 is 23.5 Å². The van der Waals surface area contributed by atoms with Gasteiger partial charge in [-0.15, -0.1) is 0 Å². The van der Waals surface area contributed by atoms with E-state index in [0.29, 0.717) is 15.8 Å². The number of thioether (sulfide) groups is 2. The van der Waals surface area contributed by atoms with Gasteiger partial charge < -0.3 is 14.4 Å².